The molecule has 2 rings (SSSR count). The van der Waals surface area contributed by atoms with Gasteiger partial charge in [-0.3, -0.25) is 4.79 Å². The number of nitrogens with zero attached hydrogens (tertiary/aromatic N) is 3. The topological polar surface area (TPSA) is 98.1 Å². The number of ether oxygens (including phenoxy) is 1. The largest absolute Gasteiger partial charge is 0.469 e. The van der Waals surface area contributed by atoms with Gasteiger partial charge in [-0.05, 0) is 25.0 Å². The number of urea groups is 1. The van der Waals surface area contributed by atoms with Crippen LogP contribution in [0.1, 0.15) is 19.3 Å². The van der Waals surface area contributed by atoms with Gasteiger partial charge in [0.05, 0.1) is 18.5 Å². The van der Waals surface area contributed by atoms with E-state index in [0.29, 0.717) is 31.5 Å². The molecule has 1 aromatic heterocycles. The minimum Gasteiger partial charge on any atom is -0.469 e. The molecule has 0 spiro atoms. The van der Waals surface area contributed by atoms with Crippen molar-refractivity contribution < 1.29 is 14.3 Å². The maximum absolute atomic E-state index is 11.9. The molecule has 1 aromatic carbocycles. The van der Waals surface area contributed by atoms with Gasteiger partial charge in [0, 0.05) is 13.0 Å². The Labute approximate surface area is 133 Å². The van der Waals surface area contributed by atoms with Crippen molar-refractivity contribution in [1.29, 1.82) is 0 Å². The highest BCUT2D eigenvalue weighted by atomic mass is 16.5. The highest BCUT2D eigenvalue weighted by molar-refractivity contribution is 5.91. The molecule has 0 atom stereocenters. The molecule has 0 aliphatic heterocycles. The molecule has 0 radical (unpaired) electrons. The van der Waals surface area contributed by atoms with Crippen molar-refractivity contribution in [2.75, 3.05) is 19.0 Å². The van der Waals surface area contributed by atoms with Crippen LogP contribution in [0.5, 0.6) is 0 Å². The van der Waals surface area contributed by atoms with Gasteiger partial charge in [0.25, 0.3) is 0 Å². The molecule has 2 amide bonds. The third-order valence-electron chi connectivity index (χ3n) is 3.14. The Morgan fingerprint density at radius 1 is 1.26 bits per heavy atom. The molecule has 0 aliphatic rings. The number of hydrogen-bond acceptors (Lipinski definition) is 5. The van der Waals surface area contributed by atoms with E-state index in [9.17, 15) is 9.59 Å². The van der Waals surface area contributed by atoms with Crippen molar-refractivity contribution in [3.05, 3.63) is 36.9 Å². The van der Waals surface area contributed by atoms with Gasteiger partial charge in [0.1, 0.15) is 12.7 Å². The number of para-hydroxylation sites is 2. The predicted molar refractivity (Wildman–Crippen MR) is 84.2 cm³/mol. The third kappa shape index (κ3) is 5.10. The summed E-state index contributed by atoms with van der Waals surface area (Å²) in [5.41, 5.74) is 1.36. The number of rotatable bonds is 7. The summed E-state index contributed by atoms with van der Waals surface area (Å²) >= 11 is 0. The van der Waals surface area contributed by atoms with Crippen LogP contribution in [-0.2, 0) is 9.53 Å². The zero-order chi connectivity index (χ0) is 16.5. The Kier molecular flexibility index (Phi) is 6.10. The number of esters is 1. The van der Waals surface area contributed by atoms with Crippen molar-refractivity contribution in [3.63, 3.8) is 0 Å². The Morgan fingerprint density at radius 3 is 2.83 bits per heavy atom. The van der Waals surface area contributed by atoms with Crippen LogP contribution in [0.25, 0.3) is 5.69 Å². The lowest BCUT2D eigenvalue weighted by molar-refractivity contribution is -0.140. The molecule has 2 aromatic rings. The molecule has 0 unspecified atom stereocenters. The Balaban J connectivity index is 1.81. The average molecular weight is 317 g/mol. The fourth-order valence-corrected chi connectivity index (χ4v) is 1.98. The first-order chi connectivity index (χ1) is 11.2. The molecule has 0 fully saturated rings. The van der Waals surface area contributed by atoms with Crippen molar-refractivity contribution in [2.45, 2.75) is 19.3 Å². The zero-order valence-electron chi connectivity index (χ0n) is 12.9. The minimum absolute atomic E-state index is 0.240. The van der Waals surface area contributed by atoms with Gasteiger partial charge in [0.2, 0.25) is 0 Å². The van der Waals surface area contributed by atoms with E-state index in [-0.39, 0.29) is 12.0 Å². The van der Waals surface area contributed by atoms with E-state index in [0.717, 1.165) is 5.69 Å². The van der Waals surface area contributed by atoms with Crippen LogP contribution in [0, 0.1) is 0 Å². The number of carbonyl (C=O) groups excluding carboxylic acids is 2. The Hall–Kier alpha value is -2.90. The maximum Gasteiger partial charge on any atom is 0.319 e. The number of aromatic nitrogens is 3. The van der Waals surface area contributed by atoms with Crippen LogP contribution in [0.4, 0.5) is 10.5 Å². The summed E-state index contributed by atoms with van der Waals surface area (Å²) in [6.07, 6.45) is 4.72. The van der Waals surface area contributed by atoms with Crippen LogP contribution in [0.15, 0.2) is 36.9 Å². The van der Waals surface area contributed by atoms with Gasteiger partial charge >= 0.3 is 12.0 Å². The second-order valence-electron chi connectivity index (χ2n) is 4.77. The van der Waals surface area contributed by atoms with E-state index in [2.05, 4.69) is 25.5 Å². The van der Waals surface area contributed by atoms with E-state index < -0.39 is 0 Å². The van der Waals surface area contributed by atoms with Gasteiger partial charge in [0.15, 0.2) is 0 Å². The highest BCUT2D eigenvalue weighted by Crippen LogP contribution is 2.18. The number of nitrogens with one attached hydrogen (secondary N) is 2. The zero-order valence-corrected chi connectivity index (χ0v) is 12.9. The van der Waals surface area contributed by atoms with Crippen LogP contribution >= 0.6 is 0 Å². The first-order valence-electron chi connectivity index (χ1n) is 7.26. The van der Waals surface area contributed by atoms with Crippen molar-refractivity contribution in [3.8, 4) is 5.69 Å². The molecule has 0 saturated carbocycles. The van der Waals surface area contributed by atoms with Crippen LogP contribution in [0.3, 0.4) is 0 Å². The molecule has 23 heavy (non-hydrogen) atoms. The van der Waals surface area contributed by atoms with Crippen molar-refractivity contribution >= 4 is 17.7 Å². The summed E-state index contributed by atoms with van der Waals surface area (Å²) < 4.78 is 6.13. The lowest BCUT2D eigenvalue weighted by Gasteiger charge is -2.11. The summed E-state index contributed by atoms with van der Waals surface area (Å²) in [6, 6.07) is 6.99. The van der Waals surface area contributed by atoms with Crippen LogP contribution in [0.2, 0.25) is 0 Å². The van der Waals surface area contributed by atoms with Gasteiger partial charge in [-0.25, -0.2) is 14.5 Å². The van der Waals surface area contributed by atoms with E-state index in [1.54, 1.807) is 17.1 Å². The molecule has 0 aliphatic carbocycles. The monoisotopic (exact) mass is 317 g/mol. The van der Waals surface area contributed by atoms with Gasteiger partial charge in [-0.15, -0.1) is 0 Å². The first-order valence-corrected chi connectivity index (χ1v) is 7.26. The molecule has 0 saturated heterocycles. The van der Waals surface area contributed by atoms with Crippen molar-refractivity contribution in [2.24, 2.45) is 0 Å². The average Bonchev–Trinajstić information content (AvgIpc) is 3.09. The maximum atomic E-state index is 11.9. The Morgan fingerprint density at radius 2 is 2.09 bits per heavy atom. The second-order valence-corrected chi connectivity index (χ2v) is 4.77. The van der Waals surface area contributed by atoms with E-state index in [1.807, 2.05) is 18.2 Å². The quantitative estimate of drug-likeness (QED) is 0.598. The standard InChI is InChI=1S/C15H19N5O3/c1-23-14(21)8-4-5-9-17-15(22)19-12-6-2-3-7-13(12)20-11-16-10-18-20/h2-3,6-7,10-11H,4-5,8-9H2,1H3,(H2,17,19,22). The van der Waals surface area contributed by atoms with E-state index in [1.165, 1.54) is 13.4 Å². The van der Waals surface area contributed by atoms with Crippen LogP contribution < -0.4 is 10.6 Å². The summed E-state index contributed by atoms with van der Waals surface area (Å²) in [5.74, 6) is -0.240. The lowest BCUT2D eigenvalue weighted by Crippen LogP contribution is -2.30. The van der Waals surface area contributed by atoms with Crippen molar-refractivity contribution in [1.82, 2.24) is 20.1 Å². The lowest BCUT2D eigenvalue weighted by atomic mass is 10.2. The third-order valence-corrected chi connectivity index (χ3v) is 3.14. The number of anilines is 1. The highest BCUT2D eigenvalue weighted by Gasteiger charge is 2.08. The number of unbranched alkanes of at least 4 members (excludes halogenated alkanes) is 1. The summed E-state index contributed by atoms with van der Waals surface area (Å²) in [7, 11) is 1.36. The number of carbonyl (C=O) groups is 2. The van der Waals surface area contributed by atoms with Gasteiger partial charge < -0.3 is 15.4 Å². The SMILES string of the molecule is COC(=O)CCCCNC(=O)Nc1ccccc1-n1cncn1. The minimum atomic E-state index is -0.310. The smallest absolute Gasteiger partial charge is 0.319 e. The molecule has 0 bridgehead atoms. The van der Waals surface area contributed by atoms with Gasteiger partial charge in [-0.2, -0.15) is 5.10 Å². The second kappa shape index (κ2) is 8.52. The molecule has 122 valence electrons. The molecule has 1 heterocycles. The van der Waals surface area contributed by atoms with E-state index >= 15 is 0 Å². The summed E-state index contributed by atoms with van der Waals surface area (Å²) in [5, 5.41) is 9.58. The fraction of sp³-hybridized carbons (Fsp3) is 0.333. The Bertz CT molecular complexity index is 642. The molecule has 8 heteroatoms. The number of hydrogen-bond donors (Lipinski definition) is 2. The van der Waals surface area contributed by atoms with Gasteiger partial charge in [-0.1, -0.05) is 12.1 Å². The fourth-order valence-electron chi connectivity index (χ4n) is 1.98. The van der Waals surface area contributed by atoms with E-state index in [4.69, 9.17) is 0 Å². The summed E-state index contributed by atoms with van der Waals surface area (Å²) in [4.78, 5) is 26.8. The number of methoxy groups -OCH3 is 1. The number of benzene rings is 1. The summed E-state index contributed by atoms with van der Waals surface area (Å²) in [6.45, 7) is 0.480. The first kappa shape index (κ1) is 16.5. The molecular weight excluding hydrogens is 298 g/mol. The molecule has 8 nitrogen and oxygen atoms in total. The normalized spacial score (nSPS) is 10.1. The molecule has 2 N–H and O–H groups in total. The van der Waals surface area contributed by atoms with Crippen LogP contribution in [-0.4, -0.2) is 40.4 Å². The predicted octanol–water partition coefficient (Wildman–Crippen LogP) is 1.73. The molecular formula is C15H19N5O3. The number of amides is 2.